The van der Waals surface area contributed by atoms with Gasteiger partial charge in [0.1, 0.15) is 0 Å². The maximum absolute atomic E-state index is 12.9. The predicted molar refractivity (Wildman–Crippen MR) is 107 cm³/mol. The van der Waals surface area contributed by atoms with E-state index < -0.39 is 0 Å². The van der Waals surface area contributed by atoms with Gasteiger partial charge in [-0.3, -0.25) is 4.90 Å². The highest BCUT2D eigenvalue weighted by Crippen LogP contribution is 2.21. The number of hydrogen-bond acceptors (Lipinski definition) is 2. The van der Waals surface area contributed by atoms with Crippen molar-refractivity contribution in [3.63, 3.8) is 0 Å². The topological polar surface area (TPSA) is 35.6 Å². The summed E-state index contributed by atoms with van der Waals surface area (Å²) in [6.45, 7) is 7.83. The molecule has 0 spiro atoms. The van der Waals surface area contributed by atoms with Crippen LogP contribution in [0.5, 0.6) is 0 Å². The Balaban J connectivity index is 1.61. The number of carbonyl (C=O) groups excluding carboxylic acids is 1. The molecular weight excluding hydrogens is 322 g/mol. The van der Waals surface area contributed by atoms with Crippen molar-refractivity contribution in [3.8, 4) is 0 Å². The number of urea groups is 1. The highest BCUT2D eigenvalue weighted by atomic mass is 16.2. The normalized spacial score (nSPS) is 17.2. The summed E-state index contributed by atoms with van der Waals surface area (Å²) in [7, 11) is 0. The van der Waals surface area contributed by atoms with E-state index in [-0.39, 0.29) is 12.1 Å². The molecule has 4 nitrogen and oxygen atoms in total. The SMILES string of the molecule is CCc1ccccc1NC(=O)N(CC)C1CCN(Cc2ccccc2)C1. The first-order chi connectivity index (χ1) is 12.7. The summed E-state index contributed by atoms with van der Waals surface area (Å²) >= 11 is 0. The molecule has 1 N–H and O–H groups in total. The largest absolute Gasteiger partial charge is 0.322 e. The molecule has 0 bridgehead atoms. The van der Waals surface area contributed by atoms with Gasteiger partial charge in [0.25, 0.3) is 0 Å². The Bertz CT molecular complexity index is 716. The van der Waals surface area contributed by atoms with E-state index in [9.17, 15) is 4.79 Å². The number of amides is 2. The quantitative estimate of drug-likeness (QED) is 0.838. The smallest absolute Gasteiger partial charge is 0.320 e. The number of nitrogens with one attached hydrogen (secondary N) is 1. The molecule has 26 heavy (non-hydrogen) atoms. The molecule has 2 amide bonds. The lowest BCUT2D eigenvalue weighted by Crippen LogP contribution is -2.44. The minimum atomic E-state index is 0.0139. The molecule has 1 heterocycles. The molecule has 2 aromatic rings. The van der Waals surface area contributed by atoms with Crippen molar-refractivity contribution in [2.24, 2.45) is 0 Å². The molecule has 0 aromatic heterocycles. The molecular formula is C22H29N3O. The van der Waals surface area contributed by atoms with Crippen molar-refractivity contribution in [1.29, 1.82) is 0 Å². The zero-order valence-corrected chi connectivity index (χ0v) is 15.8. The number of carbonyl (C=O) groups is 1. The maximum atomic E-state index is 12.9. The van der Waals surface area contributed by atoms with Crippen LogP contribution in [0.3, 0.4) is 0 Å². The van der Waals surface area contributed by atoms with Crippen LogP contribution in [-0.4, -0.2) is 41.5 Å². The van der Waals surface area contributed by atoms with Gasteiger partial charge < -0.3 is 10.2 Å². The van der Waals surface area contributed by atoms with Crippen LogP contribution in [0, 0.1) is 0 Å². The van der Waals surface area contributed by atoms with Gasteiger partial charge in [-0.05, 0) is 37.0 Å². The third-order valence-electron chi connectivity index (χ3n) is 5.18. The molecule has 2 aromatic carbocycles. The minimum absolute atomic E-state index is 0.0139. The average Bonchev–Trinajstić information content (AvgIpc) is 3.11. The monoisotopic (exact) mass is 351 g/mol. The molecule has 4 heteroatoms. The number of hydrogen-bond donors (Lipinski definition) is 1. The zero-order valence-electron chi connectivity index (χ0n) is 15.8. The number of nitrogens with zero attached hydrogens (tertiary/aromatic N) is 2. The summed E-state index contributed by atoms with van der Waals surface area (Å²) in [5, 5.41) is 3.12. The first-order valence-corrected chi connectivity index (χ1v) is 9.63. The standard InChI is InChI=1S/C22H29N3O/c1-3-19-12-8-9-13-21(19)23-22(26)25(4-2)20-14-15-24(17-20)16-18-10-6-5-7-11-18/h5-13,20H,3-4,14-17H2,1-2H3,(H,23,26). The van der Waals surface area contributed by atoms with Crippen LogP contribution in [0.1, 0.15) is 31.4 Å². The summed E-state index contributed by atoms with van der Waals surface area (Å²) < 4.78 is 0. The van der Waals surface area contributed by atoms with Crippen LogP contribution in [-0.2, 0) is 13.0 Å². The number of para-hydroxylation sites is 1. The van der Waals surface area contributed by atoms with Gasteiger partial charge in [0.2, 0.25) is 0 Å². The van der Waals surface area contributed by atoms with Gasteiger partial charge in [-0.2, -0.15) is 0 Å². The van der Waals surface area contributed by atoms with Crippen molar-refractivity contribution in [3.05, 3.63) is 65.7 Å². The predicted octanol–water partition coefficient (Wildman–Crippen LogP) is 4.38. The van der Waals surface area contributed by atoms with E-state index in [1.54, 1.807) is 0 Å². The minimum Gasteiger partial charge on any atom is -0.320 e. The van der Waals surface area contributed by atoms with Crippen molar-refractivity contribution < 1.29 is 4.79 Å². The van der Waals surface area contributed by atoms with E-state index in [0.717, 1.165) is 44.7 Å². The van der Waals surface area contributed by atoms with Crippen LogP contribution < -0.4 is 5.32 Å². The molecule has 0 aliphatic carbocycles. The number of likely N-dealkylation sites (tertiary alicyclic amines) is 1. The van der Waals surface area contributed by atoms with Gasteiger partial charge in [0.05, 0.1) is 0 Å². The maximum Gasteiger partial charge on any atom is 0.322 e. The fourth-order valence-electron chi connectivity index (χ4n) is 3.76. The molecule has 1 unspecified atom stereocenters. The van der Waals surface area contributed by atoms with Crippen LogP contribution >= 0.6 is 0 Å². The van der Waals surface area contributed by atoms with Crippen molar-refractivity contribution in [2.45, 2.75) is 39.3 Å². The highest BCUT2D eigenvalue weighted by molar-refractivity contribution is 5.90. The first-order valence-electron chi connectivity index (χ1n) is 9.63. The van der Waals surface area contributed by atoms with E-state index in [2.05, 4.69) is 54.4 Å². The fourth-order valence-corrected chi connectivity index (χ4v) is 3.76. The summed E-state index contributed by atoms with van der Waals surface area (Å²) in [4.78, 5) is 17.3. The first kappa shape index (κ1) is 18.5. The van der Waals surface area contributed by atoms with Crippen LogP contribution in [0.25, 0.3) is 0 Å². The molecule has 1 atom stereocenters. The second-order valence-electron chi connectivity index (χ2n) is 6.89. The third-order valence-corrected chi connectivity index (χ3v) is 5.18. The van der Waals surface area contributed by atoms with E-state index in [4.69, 9.17) is 0 Å². The van der Waals surface area contributed by atoms with E-state index in [1.165, 1.54) is 11.1 Å². The average molecular weight is 351 g/mol. The Kier molecular flexibility index (Phi) is 6.29. The van der Waals surface area contributed by atoms with Gasteiger partial charge in [0, 0.05) is 37.9 Å². The Labute approximate surface area is 156 Å². The van der Waals surface area contributed by atoms with Crippen molar-refractivity contribution in [2.75, 3.05) is 25.0 Å². The summed E-state index contributed by atoms with van der Waals surface area (Å²) in [5.74, 6) is 0. The number of aryl methyl sites for hydroxylation is 1. The van der Waals surface area contributed by atoms with E-state index in [1.807, 2.05) is 29.2 Å². The second kappa shape index (κ2) is 8.86. The summed E-state index contributed by atoms with van der Waals surface area (Å²) in [6.07, 6.45) is 1.94. The Morgan fingerprint density at radius 3 is 2.58 bits per heavy atom. The van der Waals surface area contributed by atoms with Gasteiger partial charge in [-0.25, -0.2) is 4.79 Å². The lowest BCUT2D eigenvalue weighted by molar-refractivity contribution is 0.189. The van der Waals surface area contributed by atoms with E-state index >= 15 is 0 Å². The highest BCUT2D eigenvalue weighted by Gasteiger charge is 2.30. The van der Waals surface area contributed by atoms with Gasteiger partial charge in [-0.1, -0.05) is 55.5 Å². The van der Waals surface area contributed by atoms with E-state index in [0.29, 0.717) is 0 Å². The molecule has 1 saturated heterocycles. The molecule has 1 aliphatic rings. The summed E-state index contributed by atoms with van der Waals surface area (Å²) in [6, 6.07) is 18.9. The number of anilines is 1. The fraction of sp³-hybridized carbons (Fsp3) is 0.409. The second-order valence-corrected chi connectivity index (χ2v) is 6.89. The number of likely N-dealkylation sites (N-methyl/N-ethyl adjacent to an activating group) is 1. The van der Waals surface area contributed by atoms with Crippen molar-refractivity contribution >= 4 is 11.7 Å². The van der Waals surface area contributed by atoms with Gasteiger partial charge in [0.15, 0.2) is 0 Å². The van der Waals surface area contributed by atoms with Crippen molar-refractivity contribution in [1.82, 2.24) is 9.80 Å². The van der Waals surface area contributed by atoms with Gasteiger partial charge in [-0.15, -0.1) is 0 Å². The molecule has 0 radical (unpaired) electrons. The number of benzene rings is 2. The lowest BCUT2D eigenvalue weighted by atomic mass is 10.1. The Morgan fingerprint density at radius 1 is 1.12 bits per heavy atom. The Morgan fingerprint density at radius 2 is 1.85 bits per heavy atom. The van der Waals surface area contributed by atoms with Crippen LogP contribution in [0.15, 0.2) is 54.6 Å². The molecule has 1 fully saturated rings. The molecule has 0 saturated carbocycles. The molecule has 1 aliphatic heterocycles. The molecule has 138 valence electrons. The lowest BCUT2D eigenvalue weighted by Gasteiger charge is -2.28. The molecule has 3 rings (SSSR count). The number of rotatable bonds is 6. The Hall–Kier alpha value is -2.33. The zero-order chi connectivity index (χ0) is 18.4. The summed E-state index contributed by atoms with van der Waals surface area (Å²) in [5.41, 5.74) is 3.43. The van der Waals surface area contributed by atoms with Crippen LogP contribution in [0.2, 0.25) is 0 Å². The third kappa shape index (κ3) is 4.44. The van der Waals surface area contributed by atoms with Crippen LogP contribution in [0.4, 0.5) is 10.5 Å². The van der Waals surface area contributed by atoms with Gasteiger partial charge >= 0.3 is 6.03 Å².